The van der Waals surface area contributed by atoms with Crippen molar-refractivity contribution in [3.8, 4) is 0 Å². The van der Waals surface area contributed by atoms with Crippen molar-refractivity contribution in [3.63, 3.8) is 0 Å². The molecule has 8 nitrogen and oxygen atoms in total. The standard InChI is InChI=1S/C27H29ClFN3O5/c28-22-6-2-1-5-21(22)26(35)31-13-11-27(12-14-31)32(25(34)18-7-9-19(29)10-8-18)23(17-37-27)24(33)30-16-20-4-3-15-36-20/h1-2,5-10,20,23H,3-4,11-17H2,(H,30,33)/t20-,23-/m0/s1. The van der Waals surface area contributed by atoms with Crippen LogP contribution in [0.1, 0.15) is 46.4 Å². The topological polar surface area (TPSA) is 88.2 Å². The highest BCUT2D eigenvalue weighted by molar-refractivity contribution is 6.33. The monoisotopic (exact) mass is 529 g/mol. The van der Waals surface area contributed by atoms with E-state index >= 15 is 0 Å². The van der Waals surface area contributed by atoms with Gasteiger partial charge in [0, 0.05) is 44.6 Å². The van der Waals surface area contributed by atoms with Gasteiger partial charge in [0.25, 0.3) is 11.8 Å². The number of piperidine rings is 1. The van der Waals surface area contributed by atoms with Gasteiger partial charge < -0.3 is 19.7 Å². The molecule has 3 fully saturated rings. The van der Waals surface area contributed by atoms with Crippen LogP contribution in [0.2, 0.25) is 5.02 Å². The number of likely N-dealkylation sites (tertiary alicyclic amines) is 1. The van der Waals surface area contributed by atoms with Crippen molar-refractivity contribution in [2.45, 2.75) is 43.6 Å². The zero-order chi connectivity index (χ0) is 26.0. The number of nitrogens with zero attached hydrogens (tertiary/aromatic N) is 2. The van der Waals surface area contributed by atoms with E-state index in [9.17, 15) is 18.8 Å². The zero-order valence-corrected chi connectivity index (χ0v) is 21.1. The van der Waals surface area contributed by atoms with Crippen LogP contribution in [0.5, 0.6) is 0 Å². The van der Waals surface area contributed by atoms with Gasteiger partial charge in [-0.05, 0) is 49.2 Å². The van der Waals surface area contributed by atoms with Crippen molar-refractivity contribution in [2.75, 3.05) is 32.8 Å². The minimum Gasteiger partial charge on any atom is -0.376 e. The fourth-order valence-electron chi connectivity index (χ4n) is 5.30. The molecule has 0 bridgehead atoms. The Morgan fingerprint density at radius 2 is 1.78 bits per heavy atom. The van der Waals surface area contributed by atoms with E-state index in [-0.39, 0.29) is 30.1 Å². The van der Waals surface area contributed by atoms with Gasteiger partial charge in [0.2, 0.25) is 5.91 Å². The van der Waals surface area contributed by atoms with Gasteiger partial charge in [-0.15, -0.1) is 0 Å². The number of hydrogen-bond donors (Lipinski definition) is 1. The fraction of sp³-hybridized carbons (Fsp3) is 0.444. The molecule has 10 heteroatoms. The number of ether oxygens (including phenoxy) is 2. The lowest BCUT2D eigenvalue weighted by Crippen LogP contribution is -2.60. The van der Waals surface area contributed by atoms with Crippen LogP contribution in [-0.4, -0.2) is 78.2 Å². The fourth-order valence-corrected chi connectivity index (χ4v) is 5.52. The summed E-state index contributed by atoms with van der Waals surface area (Å²) in [5.74, 6) is -1.39. The highest BCUT2D eigenvalue weighted by Gasteiger charge is 2.54. The van der Waals surface area contributed by atoms with Crippen molar-refractivity contribution in [1.82, 2.24) is 15.1 Å². The van der Waals surface area contributed by atoms with Gasteiger partial charge in [-0.1, -0.05) is 23.7 Å². The second-order valence-electron chi connectivity index (χ2n) is 9.61. The molecule has 1 N–H and O–H groups in total. The van der Waals surface area contributed by atoms with E-state index in [4.69, 9.17) is 21.1 Å². The number of rotatable bonds is 5. The summed E-state index contributed by atoms with van der Waals surface area (Å²) in [6.07, 6.45) is 2.44. The summed E-state index contributed by atoms with van der Waals surface area (Å²) in [7, 11) is 0. The first-order valence-corrected chi connectivity index (χ1v) is 12.9. The van der Waals surface area contributed by atoms with Crippen molar-refractivity contribution in [1.29, 1.82) is 0 Å². The van der Waals surface area contributed by atoms with Crippen molar-refractivity contribution in [2.24, 2.45) is 0 Å². The third-order valence-electron chi connectivity index (χ3n) is 7.34. The molecule has 0 saturated carbocycles. The minimum absolute atomic E-state index is 0.0305. The summed E-state index contributed by atoms with van der Waals surface area (Å²) in [5.41, 5.74) is -0.384. The third kappa shape index (κ3) is 5.21. The van der Waals surface area contributed by atoms with Gasteiger partial charge in [-0.2, -0.15) is 0 Å². The van der Waals surface area contributed by atoms with Gasteiger partial charge in [0.1, 0.15) is 17.6 Å². The first kappa shape index (κ1) is 25.6. The normalized spacial score (nSPS) is 22.9. The lowest BCUT2D eigenvalue weighted by molar-refractivity contribution is -0.128. The molecular weight excluding hydrogens is 501 g/mol. The second kappa shape index (κ2) is 10.8. The molecule has 3 heterocycles. The summed E-state index contributed by atoms with van der Waals surface area (Å²) < 4.78 is 25.3. The largest absolute Gasteiger partial charge is 0.376 e. The maximum Gasteiger partial charge on any atom is 0.256 e. The maximum absolute atomic E-state index is 13.7. The van der Waals surface area contributed by atoms with E-state index in [1.807, 2.05) is 0 Å². The molecule has 37 heavy (non-hydrogen) atoms. The number of amides is 3. The van der Waals surface area contributed by atoms with Crippen molar-refractivity contribution >= 4 is 29.3 Å². The number of carbonyl (C=O) groups excluding carboxylic acids is 3. The molecule has 5 rings (SSSR count). The number of carbonyl (C=O) groups is 3. The Hall–Kier alpha value is -3.01. The molecule has 0 aromatic heterocycles. The predicted octanol–water partition coefficient (Wildman–Crippen LogP) is 3.25. The van der Waals surface area contributed by atoms with Crippen molar-refractivity contribution in [3.05, 3.63) is 70.5 Å². The first-order chi connectivity index (χ1) is 17.9. The van der Waals surface area contributed by atoms with Gasteiger partial charge in [-0.3, -0.25) is 19.3 Å². The molecule has 2 aromatic carbocycles. The quantitative estimate of drug-likeness (QED) is 0.642. The van der Waals surface area contributed by atoms with Crippen LogP contribution in [0, 0.1) is 5.82 Å². The Morgan fingerprint density at radius 3 is 2.46 bits per heavy atom. The zero-order valence-electron chi connectivity index (χ0n) is 20.3. The summed E-state index contributed by atoms with van der Waals surface area (Å²) in [4.78, 5) is 43.2. The van der Waals surface area contributed by atoms with E-state index in [1.165, 1.54) is 29.2 Å². The molecule has 3 aliphatic rings. The molecule has 3 aliphatic heterocycles. The van der Waals surface area contributed by atoms with E-state index in [0.717, 1.165) is 12.8 Å². The van der Waals surface area contributed by atoms with Crippen LogP contribution < -0.4 is 5.32 Å². The average Bonchev–Trinajstić information content (AvgIpc) is 3.56. The van der Waals surface area contributed by atoms with Gasteiger partial charge >= 0.3 is 0 Å². The number of halogens is 2. The molecule has 1 spiro atoms. The molecule has 0 unspecified atom stereocenters. The van der Waals surface area contributed by atoms with Crippen LogP contribution in [0.25, 0.3) is 0 Å². The van der Waals surface area contributed by atoms with E-state index in [1.54, 1.807) is 29.2 Å². The molecule has 0 aliphatic carbocycles. The summed E-state index contributed by atoms with van der Waals surface area (Å²) in [5, 5.41) is 3.29. The van der Waals surface area contributed by atoms with E-state index in [0.29, 0.717) is 49.7 Å². The summed E-state index contributed by atoms with van der Waals surface area (Å²) in [6.45, 7) is 1.71. The SMILES string of the molecule is O=C(NC[C@@H]1CCCO1)[C@@H]1COC2(CCN(C(=O)c3ccccc3Cl)CC2)N1C(=O)c1ccc(F)cc1. The molecule has 2 aromatic rings. The second-order valence-corrected chi connectivity index (χ2v) is 10.0. The third-order valence-corrected chi connectivity index (χ3v) is 7.67. The molecule has 3 saturated heterocycles. The number of nitrogens with one attached hydrogen (secondary N) is 1. The van der Waals surface area contributed by atoms with E-state index < -0.39 is 23.5 Å². The molecule has 0 radical (unpaired) electrons. The highest BCUT2D eigenvalue weighted by atomic mass is 35.5. The Bertz CT molecular complexity index is 1160. The minimum atomic E-state index is -1.06. The average molecular weight is 530 g/mol. The van der Waals surface area contributed by atoms with Crippen LogP contribution in [0.4, 0.5) is 4.39 Å². The Labute approximate surface area is 219 Å². The summed E-state index contributed by atoms with van der Waals surface area (Å²) >= 11 is 6.23. The van der Waals surface area contributed by atoms with Crippen LogP contribution >= 0.6 is 11.6 Å². The molecule has 3 amide bonds. The Kier molecular flexibility index (Phi) is 7.46. The molecule has 2 atom stereocenters. The van der Waals surface area contributed by atoms with Crippen LogP contribution in [-0.2, 0) is 14.3 Å². The van der Waals surface area contributed by atoms with Gasteiger partial charge in [0.05, 0.1) is 23.3 Å². The van der Waals surface area contributed by atoms with Crippen LogP contribution in [0.15, 0.2) is 48.5 Å². The number of hydrogen-bond acceptors (Lipinski definition) is 5. The molecule has 196 valence electrons. The van der Waals surface area contributed by atoms with Crippen molar-refractivity contribution < 1.29 is 28.2 Å². The molecular formula is C27H29ClFN3O5. The Balaban J connectivity index is 1.35. The number of benzene rings is 2. The summed E-state index contributed by atoms with van der Waals surface area (Å²) in [6, 6.07) is 11.3. The van der Waals surface area contributed by atoms with E-state index in [2.05, 4.69) is 5.32 Å². The van der Waals surface area contributed by atoms with Gasteiger partial charge in [0.15, 0.2) is 0 Å². The maximum atomic E-state index is 13.7. The van der Waals surface area contributed by atoms with Crippen LogP contribution in [0.3, 0.4) is 0 Å². The lowest BCUT2D eigenvalue weighted by Gasteiger charge is -2.44. The highest BCUT2D eigenvalue weighted by Crippen LogP contribution is 2.39. The Morgan fingerprint density at radius 1 is 1.05 bits per heavy atom. The smallest absolute Gasteiger partial charge is 0.256 e. The first-order valence-electron chi connectivity index (χ1n) is 12.5. The predicted molar refractivity (Wildman–Crippen MR) is 134 cm³/mol. The van der Waals surface area contributed by atoms with Gasteiger partial charge in [-0.25, -0.2) is 4.39 Å². The lowest BCUT2D eigenvalue weighted by atomic mass is 9.96.